The maximum Gasteiger partial charge on any atom is 0.361 e. The zero-order chi connectivity index (χ0) is 23.8. The maximum atomic E-state index is 12.8. The second-order valence-electron chi connectivity index (χ2n) is 8.37. The molecule has 1 atom stereocenters. The third kappa shape index (κ3) is 4.44. The first kappa shape index (κ1) is 23.5. The molecule has 1 aromatic carbocycles. The standard InChI is InChI=1S/C22H27F2N5O3S/c1-4-15-9-16(22(7-8-25-12-22)13-32-33(30,31)21(23)24)5-6-18(15)29(3)20-10-19-17(11-26-20)27-14-28(19)2/h5-6,9-11,14,21,25H,4,7-8,12-13H2,1-3H3. The third-order valence-corrected chi connectivity index (χ3v) is 7.22. The molecule has 1 aliphatic rings. The van der Waals surface area contributed by atoms with E-state index in [9.17, 15) is 17.2 Å². The number of alkyl halides is 2. The number of nitrogens with zero attached hydrogens (tertiary/aromatic N) is 4. The number of rotatable bonds is 8. The average Bonchev–Trinajstić information content (AvgIpc) is 3.44. The fourth-order valence-corrected chi connectivity index (χ4v) is 4.79. The van der Waals surface area contributed by atoms with E-state index < -0.39 is 21.3 Å². The first-order valence-corrected chi connectivity index (χ1v) is 12.2. The van der Waals surface area contributed by atoms with Crippen LogP contribution in [0.5, 0.6) is 0 Å². The summed E-state index contributed by atoms with van der Waals surface area (Å²) in [5, 5.41) is 3.21. The minimum atomic E-state index is -4.91. The van der Waals surface area contributed by atoms with Crippen LogP contribution in [0.3, 0.4) is 0 Å². The smallest absolute Gasteiger partial charge is 0.334 e. The lowest BCUT2D eigenvalue weighted by atomic mass is 9.79. The highest BCUT2D eigenvalue weighted by Crippen LogP contribution is 2.36. The summed E-state index contributed by atoms with van der Waals surface area (Å²) in [6.45, 7) is 2.80. The predicted octanol–water partition coefficient (Wildman–Crippen LogP) is 3.10. The minimum Gasteiger partial charge on any atom is -0.334 e. The molecular formula is C22H27F2N5O3S. The molecule has 4 rings (SSSR count). The number of fused-ring (bicyclic) bond motifs is 1. The van der Waals surface area contributed by atoms with Gasteiger partial charge in [0.25, 0.3) is 0 Å². The predicted molar refractivity (Wildman–Crippen MR) is 122 cm³/mol. The third-order valence-electron chi connectivity index (χ3n) is 6.34. The highest BCUT2D eigenvalue weighted by atomic mass is 32.2. The molecule has 0 saturated carbocycles. The Kier molecular flexibility index (Phi) is 6.39. The van der Waals surface area contributed by atoms with Crippen LogP contribution in [-0.4, -0.2) is 55.5 Å². The van der Waals surface area contributed by atoms with Gasteiger partial charge in [-0.05, 0) is 36.6 Å². The molecule has 2 aromatic heterocycles. The van der Waals surface area contributed by atoms with E-state index in [0.717, 1.165) is 40.1 Å². The number of halogens is 2. The van der Waals surface area contributed by atoms with E-state index in [2.05, 4.69) is 15.3 Å². The summed E-state index contributed by atoms with van der Waals surface area (Å²) in [4.78, 5) is 10.8. The van der Waals surface area contributed by atoms with Gasteiger partial charge in [-0.25, -0.2) is 9.97 Å². The van der Waals surface area contributed by atoms with Gasteiger partial charge >= 0.3 is 15.9 Å². The molecule has 3 aromatic rings. The lowest BCUT2D eigenvalue weighted by molar-refractivity contribution is 0.174. The van der Waals surface area contributed by atoms with Crippen molar-refractivity contribution in [2.24, 2.45) is 7.05 Å². The molecule has 1 N–H and O–H groups in total. The van der Waals surface area contributed by atoms with Gasteiger partial charge in [0, 0.05) is 37.8 Å². The van der Waals surface area contributed by atoms with E-state index in [1.54, 1.807) is 12.5 Å². The monoisotopic (exact) mass is 479 g/mol. The van der Waals surface area contributed by atoms with Crippen molar-refractivity contribution in [1.82, 2.24) is 19.9 Å². The van der Waals surface area contributed by atoms with Crippen molar-refractivity contribution in [3.63, 3.8) is 0 Å². The zero-order valence-corrected chi connectivity index (χ0v) is 19.6. The van der Waals surface area contributed by atoms with Crippen LogP contribution in [0.2, 0.25) is 0 Å². The van der Waals surface area contributed by atoms with Crippen LogP contribution in [0.15, 0.2) is 36.8 Å². The van der Waals surface area contributed by atoms with Gasteiger partial charge in [0.1, 0.15) is 11.3 Å². The van der Waals surface area contributed by atoms with Crippen LogP contribution >= 0.6 is 0 Å². The molecule has 178 valence electrons. The number of pyridine rings is 1. The molecule has 1 saturated heterocycles. The van der Waals surface area contributed by atoms with Crippen molar-refractivity contribution in [2.75, 3.05) is 31.6 Å². The van der Waals surface area contributed by atoms with E-state index >= 15 is 0 Å². The summed E-state index contributed by atoms with van der Waals surface area (Å²) < 4.78 is 55.4. The van der Waals surface area contributed by atoms with E-state index in [0.29, 0.717) is 19.5 Å². The van der Waals surface area contributed by atoms with E-state index in [1.165, 1.54) is 0 Å². The molecule has 33 heavy (non-hydrogen) atoms. The minimum absolute atomic E-state index is 0.330. The molecule has 3 heterocycles. The Bertz CT molecular complexity index is 1260. The lowest BCUT2D eigenvalue weighted by Gasteiger charge is -2.30. The Morgan fingerprint density at radius 2 is 2.09 bits per heavy atom. The summed E-state index contributed by atoms with van der Waals surface area (Å²) in [7, 11) is -1.04. The molecular weight excluding hydrogens is 452 g/mol. The van der Waals surface area contributed by atoms with E-state index in [-0.39, 0.29) is 6.61 Å². The molecule has 0 radical (unpaired) electrons. The van der Waals surface area contributed by atoms with Gasteiger partial charge in [0.15, 0.2) is 0 Å². The molecule has 11 heteroatoms. The highest BCUT2D eigenvalue weighted by Gasteiger charge is 2.39. The van der Waals surface area contributed by atoms with Crippen LogP contribution < -0.4 is 10.2 Å². The molecule has 1 aliphatic heterocycles. The van der Waals surface area contributed by atoms with Crippen molar-refractivity contribution < 1.29 is 21.4 Å². The first-order valence-electron chi connectivity index (χ1n) is 10.7. The molecule has 0 aliphatic carbocycles. The van der Waals surface area contributed by atoms with Gasteiger partial charge in [-0.1, -0.05) is 19.1 Å². The summed E-state index contributed by atoms with van der Waals surface area (Å²) in [5.41, 5.74) is 3.93. The number of nitrogens with one attached hydrogen (secondary N) is 1. The van der Waals surface area contributed by atoms with Gasteiger partial charge in [0.05, 0.1) is 24.6 Å². The Balaban J connectivity index is 1.66. The Morgan fingerprint density at radius 3 is 2.76 bits per heavy atom. The van der Waals surface area contributed by atoms with Crippen molar-refractivity contribution >= 4 is 32.7 Å². The van der Waals surface area contributed by atoms with Gasteiger partial charge < -0.3 is 14.8 Å². The van der Waals surface area contributed by atoms with Crippen molar-refractivity contribution in [3.05, 3.63) is 47.9 Å². The lowest BCUT2D eigenvalue weighted by Crippen LogP contribution is -2.36. The van der Waals surface area contributed by atoms with Gasteiger partial charge in [-0.3, -0.25) is 4.18 Å². The number of anilines is 2. The fraction of sp³-hybridized carbons (Fsp3) is 0.455. The van der Waals surface area contributed by atoms with Crippen molar-refractivity contribution in [1.29, 1.82) is 0 Å². The second kappa shape index (κ2) is 8.96. The largest absolute Gasteiger partial charge is 0.361 e. The van der Waals surface area contributed by atoms with Gasteiger partial charge in [0.2, 0.25) is 0 Å². The zero-order valence-electron chi connectivity index (χ0n) is 18.8. The Labute approximate surface area is 191 Å². The number of aromatic nitrogens is 3. The van der Waals surface area contributed by atoms with Crippen LogP contribution in [-0.2, 0) is 33.2 Å². The molecule has 0 amide bonds. The Hall–Kier alpha value is -2.63. The molecule has 8 nitrogen and oxygen atoms in total. The molecule has 0 bridgehead atoms. The number of imidazole rings is 1. The quantitative estimate of drug-likeness (QED) is 0.497. The Morgan fingerprint density at radius 1 is 1.30 bits per heavy atom. The summed E-state index contributed by atoms with van der Waals surface area (Å²) in [5.74, 6) is -2.80. The summed E-state index contributed by atoms with van der Waals surface area (Å²) in [6, 6.07) is 7.87. The van der Waals surface area contributed by atoms with Crippen LogP contribution in [0, 0.1) is 0 Å². The number of aryl methyl sites for hydroxylation is 2. The van der Waals surface area contributed by atoms with Crippen LogP contribution in [0.4, 0.5) is 20.3 Å². The summed E-state index contributed by atoms with van der Waals surface area (Å²) in [6.07, 6.45) is 4.79. The van der Waals surface area contributed by atoms with Gasteiger partial charge in [-0.15, -0.1) is 0 Å². The van der Waals surface area contributed by atoms with Crippen molar-refractivity contribution in [3.8, 4) is 0 Å². The number of hydrogen-bond acceptors (Lipinski definition) is 7. The van der Waals surface area contributed by atoms with Crippen LogP contribution in [0.25, 0.3) is 11.0 Å². The topological polar surface area (TPSA) is 89.3 Å². The normalized spacial score (nSPS) is 19.0. The highest BCUT2D eigenvalue weighted by molar-refractivity contribution is 7.87. The molecule has 1 fully saturated rings. The van der Waals surface area contributed by atoms with E-state index in [1.807, 2.05) is 54.8 Å². The SMILES string of the molecule is CCc1cc(C2(COS(=O)(=O)C(F)F)CCNC2)ccc1N(C)c1cc2c(cn1)ncn2C. The first-order chi connectivity index (χ1) is 15.7. The van der Waals surface area contributed by atoms with E-state index in [4.69, 9.17) is 4.18 Å². The molecule has 0 spiro atoms. The van der Waals surface area contributed by atoms with Gasteiger partial charge in [-0.2, -0.15) is 17.2 Å². The average molecular weight is 480 g/mol. The van der Waals surface area contributed by atoms with Crippen LogP contribution in [0.1, 0.15) is 24.5 Å². The fourth-order valence-electron chi connectivity index (χ4n) is 4.30. The summed E-state index contributed by atoms with van der Waals surface area (Å²) >= 11 is 0. The number of benzene rings is 1. The number of hydrogen-bond donors (Lipinski definition) is 1. The maximum absolute atomic E-state index is 12.8. The second-order valence-corrected chi connectivity index (χ2v) is 9.94. The molecule has 1 unspecified atom stereocenters. The van der Waals surface area contributed by atoms with Crippen molar-refractivity contribution in [2.45, 2.75) is 30.9 Å².